The van der Waals surface area contributed by atoms with Crippen molar-refractivity contribution in [2.75, 3.05) is 26.7 Å². The molecule has 1 saturated heterocycles. The first-order valence-corrected chi connectivity index (χ1v) is 9.11. The number of amides is 1. The number of hydrogen-bond donors (Lipinski definition) is 3. The van der Waals surface area contributed by atoms with Crippen LogP contribution in [-0.2, 0) is 9.53 Å². The second-order valence-electron chi connectivity index (χ2n) is 6.86. The van der Waals surface area contributed by atoms with Gasteiger partial charge in [0.2, 0.25) is 0 Å². The van der Waals surface area contributed by atoms with Gasteiger partial charge in [0.1, 0.15) is 6.10 Å². The predicted octanol–water partition coefficient (Wildman–Crippen LogP) is 0.478. The first kappa shape index (κ1) is 19.5. The summed E-state index contributed by atoms with van der Waals surface area (Å²) >= 11 is 0. The number of carbonyl (C=O) groups is 1. The summed E-state index contributed by atoms with van der Waals surface area (Å²) in [6, 6.07) is 8.25. The van der Waals surface area contributed by atoms with Crippen molar-refractivity contribution in [3.8, 4) is 0 Å². The number of benzene rings is 1. The molecule has 1 aliphatic rings. The van der Waals surface area contributed by atoms with Crippen molar-refractivity contribution in [1.29, 1.82) is 0 Å². The van der Waals surface area contributed by atoms with Gasteiger partial charge in [0.05, 0.1) is 5.54 Å². The Bertz CT molecular complexity index is 689. The van der Waals surface area contributed by atoms with E-state index in [1.54, 1.807) is 0 Å². The summed E-state index contributed by atoms with van der Waals surface area (Å²) in [6.07, 6.45) is 3.64. The molecule has 0 saturated carbocycles. The highest BCUT2D eigenvalue weighted by Crippen LogP contribution is 2.13. The Balaban J connectivity index is 2.34. The van der Waals surface area contributed by atoms with Crippen LogP contribution in [0.3, 0.4) is 0 Å². The van der Waals surface area contributed by atoms with Gasteiger partial charge in [-0.15, -0.1) is 0 Å². The van der Waals surface area contributed by atoms with Gasteiger partial charge in [-0.05, 0) is 38.5 Å². The molecular formula is C20H31N3O2. The first-order valence-electron chi connectivity index (χ1n) is 9.11. The van der Waals surface area contributed by atoms with Crippen molar-refractivity contribution in [1.82, 2.24) is 16.0 Å². The molecule has 0 radical (unpaired) electrons. The van der Waals surface area contributed by atoms with E-state index in [1.807, 2.05) is 33.0 Å². The quantitative estimate of drug-likeness (QED) is 0.726. The van der Waals surface area contributed by atoms with Gasteiger partial charge in [0.25, 0.3) is 5.91 Å². The minimum atomic E-state index is -0.542. The Morgan fingerprint density at radius 1 is 1.40 bits per heavy atom. The van der Waals surface area contributed by atoms with Gasteiger partial charge in [-0.3, -0.25) is 4.79 Å². The lowest BCUT2D eigenvalue weighted by Gasteiger charge is -2.31. The lowest BCUT2D eigenvalue weighted by atomic mass is 9.96. The Morgan fingerprint density at radius 3 is 2.88 bits per heavy atom. The van der Waals surface area contributed by atoms with Gasteiger partial charge in [-0.2, -0.15) is 0 Å². The molecule has 1 atom stereocenters. The third kappa shape index (κ3) is 5.06. The zero-order valence-corrected chi connectivity index (χ0v) is 15.8. The fourth-order valence-electron chi connectivity index (χ4n) is 3.24. The molecule has 0 aromatic heterocycles. The van der Waals surface area contributed by atoms with Gasteiger partial charge >= 0.3 is 0 Å². The molecule has 1 amide bonds. The molecule has 138 valence electrons. The van der Waals surface area contributed by atoms with Crippen molar-refractivity contribution in [2.24, 2.45) is 0 Å². The Hall–Kier alpha value is -1.85. The minimum Gasteiger partial charge on any atom is -0.389 e. The Morgan fingerprint density at radius 2 is 2.16 bits per heavy atom. The molecule has 0 aliphatic carbocycles. The number of likely N-dealkylation sites (N-methyl/N-ethyl adjacent to an activating group) is 1. The van der Waals surface area contributed by atoms with Crippen LogP contribution >= 0.6 is 0 Å². The maximum atomic E-state index is 12.7. The maximum Gasteiger partial charge on any atom is 0.251 e. The molecule has 1 heterocycles. The van der Waals surface area contributed by atoms with Crippen LogP contribution in [0.15, 0.2) is 24.3 Å². The van der Waals surface area contributed by atoms with E-state index >= 15 is 0 Å². The van der Waals surface area contributed by atoms with Crippen molar-refractivity contribution in [3.05, 3.63) is 34.7 Å². The van der Waals surface area contributed by atoms with Gasteiger partial charge < -0.3 is 20.7 Å². The number of rotatable bonds is 5. The monoisotopic (exact) mass is 345 g/mol. The molecule has 1 unspecified atom stereocenters. The summed E-state index contributed by atoms with van der Waals surface area (Å²) in [6.45, 7) is 8.22. The number of ether oxygens (including phenoxy) is 1. The summed E-state index contributed by atoms with van der Waals surface area (Å²) < 4.78 is 5.68. The number of hydrogen-bond acceptors (Lipinski definition) is 4. The van der Waals surface area contributed by atoms with Gasteiger partial charge in [0.15, 0.2) is 0 Å². The Labute approximate surface area is 150 Å². The molecule has 2 rings (SSSR count). The molecule has 3 N–H and O–H groups in total. The van der Waals surface area contributed by atoms with Crippen LogP contribution in [0, 0.1) is 0 Å². The van der Waals surface area contributed by atoms with E-state index in [2.05, 4.69) is 41.1 Å². The number of nitrogens with one attached hydrogen (secondary N) is 3. The lowest BCUT2D eigenvalue weighted by molar-refractivity contribution is -0.133. The standard InChI is InChI=1S/C20H31N3O2/c1-5-9-15-10-6-7-11-16(15)18(21-4)20(2,3)23-19(24)17-14-22-12-8-13-25-17/h6-7,9-11,17,21-22H,5,8,12-14H2,1-4H3,(H,23,24)/b15-9-,18-16-. The normalized spacial score (nSPS) is 20.6. The van der Waals surface area contributed by atoms with Crippen LogP contribution in [-0.4, -0.2) is 44.3 Å². The minimum absolute atomic E-state index is 0.0795. The molecule has 5 nitrogen and oxygen atoms in total. The maximum absolute atomic E-state index is 12.7. The molecule has 1 aromatic rings. The molecule has 5 heteroatoms. The van der Waals surface area contributed by atoms with Crippen molar-refractivity contribution >= 4 is 17.7 Å². The fourth-order valence-corrected chi connectivity index (χ4v) is 3.24. The average molecular weight is 345 g/mol. The molecular weight excluding hydrogens is 314 g/mol. The molecule has 1 fully saturated rings. The highest BCUT2D eigenvalue weighted by atomic mass is 16.5. The van der Waals surface area contributed by atoms with Gasteiger partial charge in [-0.25, -0.2) is 0 Å². The largest absolute Gasteiger partial charge is 0.389 e. The smallest absolute Gasteiger partial charge is 0.251 e. The van der Waals surface area contributed by atoms with Gasteiger partial charge in [-0.1, -0.05) is 37.3 Å². The molecule has 0 spiro atoms. The van der Waals surface area contributed by atoms with E-state index in [0.717, 1.165) is 30.3 Å². The van der Waals surface area contributed by atoms with Crippen LogP contribution in [0.2, 0.25) is 0 Å². The van der Waals surface area contributed by atoms with Crippen LogP contribution < -0.4 is 26.4 Å². The first-order chi connectivity index (χ1) is 12.0. The Kier molecular flexibility index (Phi) is 7.02. The van der Waals surface area contributed by atoms with Crippen LogP contribution in [0.1, 0.15) is 33.6 Å². The van der Waals surface area contributed by atoms with E-state index in [4.69, 9.17) is 4.74 Å². The average Bonchev–Trinajstić information content (AvgIpc) is 2.86. The van der Waals surface area contributed by atoms with Crippen LogP contribution in [0.4, 0.5) is 0 Å². The van der Waals surface area contributed by atoms with E-state index < -0.39 is 11.6 Å². The van der Waals surface area contributed by atoms with E-state index in [1.165, 1.54) is 5.22 Å². The summed E-state index contributed by atoms with van der Waals surface area (Å²) in [7, 11) is 1.90. The van der Waals surface area contributed by atoms with Gasteiger partial charge in [0, 0.05) is 31.1 Å². The van der Waals surface area contributed by atoms with Crippen molar-refractivity contribution in [3.63, 3.8) is 0 Å². The second kappa shape index (κ2) is 9.02. The van der Waals surface area contributed by atoms with E-state index in [-0.39, 0.29) is 5.91 Å². The summed E-state index contributed by atoms with van der Waals surface area (Å²) in [4.78, 5) is 12.7. The molecule has 0 bridgehead atoms. The third-order valence-electron chi connectivity index (χ3n) is 4.40. The van der Waals surface area contributed by atoms with Crippen LogP contribution in [0.25, 0.3) is 11.8 Å². The highest BCUT2D eigenvalue weighted by molar-refractivity contribution is 5.83. The fraction of sp³-hybridized carbons (Fsp3) is 0.550. The number of carbonyl (C=O) groups excluding carboxylic acids is 1. The second-order valence-corrected chi connectivity index (χ2v) is 6.86. The summed E-state index contributed by atoms with van der Waals surface area (Å²) in [5, 5.41) is 12.0. The molecule has 1 aromatic carbocycles. The van der Waals surface area contributed by atoms with Crippen molar-refractivity contribution in [2.45, 2.75) is 45.3 Å². The predicted molar refractivity (Wildman–Crippen MR) is 102 cm³/mol. The van der Waals surface area contributed by atoms with E-state index in [9.17, 15) is 4.79 Å². The van der Waals surface area contributed by atoms with E-state index in [0.29, 0.717) is 13.2 Å². The summed E-state index contributed by atoms with van der Waals surface area (Å²) in [5.41, 5.74) is 0.446. The zero-order valence-electron chi connectivity index (χ0n) is 15.8. The molecule has 1 aliphatic heterocycles. The summed E-state index contributed by atoms with van der Waals surface area (Å²) in [5.74, 6) is -0.0795. The SMILES string of the molecule is CC/C=c1/cccc/c1=C(/NC)C(C)(C)NC(=O)C1CNCCCO1. The zero-order chi connectivity index (χ0) is 18.3. The topological polar surface area (TPSA) is 62.4 Å². The third-order valence-corrected chi connectivity index (χ3v) is 4.40. The highest BCUT2D eigenvalue weighted by Gasteiger charge is 2.30. The lowest BCUT2D eigenvalue weighted by Crippen LogP contribution is -2.55. The van der Waals surface area contributed by atoms with Crippen molar-refractivity contribution < 1.29 is 9.53 Å². The molecule has 25 heavy (non-hydrogen) atoms. The van der Waals surface area contributed by atoms with Crippen LogP contribution in [0.5, 0.6) is 0 Å².